The van der Waals surface area contributed by atoms with Gasteiger partial charge in [0.1, 0.15) is 6.54 Å². The Labute approximate surface area is 147 Å². The van der Waals surface area contributed by atoms with Crippen LogP contribution in [0.3, 0.4) is 0 Å². The average Bonchev–Trinajstić information content (AvgIpc) is 2.58. The molecule has 3 N–H and O–H groups in total. The fraction of sp³-hybridized carbons (Fsp3) is 0.471. The van der Waals surface area contributed by atoms with Crippen molar-refractivity contribution in [1.29, 1.82) is 0 Å². The largest absolute Gasteiger partial charge is 0.480 e. The van der Waals surface area contributed by atoms with E-state index in [1.807, 2.05) is 30.3 Å². The maximum atomic E-state index is 12.2. The number of carboxylic acid groups (broad SMARTS) is 1. The summed E-state index contributed by atoms with van der Waals surface area (Å²) in [5.74, 6) is -1.99. The van der Waals surface area contributed by atoms with Crippen molar-refractivity contribution in [2.24, 2.45) is 0 Å². The molecule has 8 nitrogen and oxygen atoms in total. The van der Waals surface area contributed by atoms with E-state index in [1.54, 1.807) is 19.0 Å². The Bertz CT molecular complexity index is 563. The lowest BCUT2D eigenvalue weighted by Gasteiger charge is -2.23. The van der Waals surface area contributed by atoms with E-state index in [0.29, 0.717) is 19.6 Å². The van der Waals surface area contributed by atoms with Crippen molar-refractivity contribution in [1.82, 2.24) is 15.5 Å². The zero-order chi connectivity index (χ0) is 18.7. The normalized spacial score (nSPS) is 11.8. The van der Waals surface area contributed by atoms with Crippen molar-refractivity contribution >= 4 is 17.8 Å². The van der Waals surface area contributed by atoms with Crippen LogP contribution in [0, 0.1) is 0 Å². The summed E-state index contributed by atoms with van der Waals surface area (Å²) in [6.45, 7) is 0.136. The number of carbonyl (C=O) groups is 3. The molecular weight excluding hydrogens is 326 g/mol. The monoisotopic (exact) mass is 351 g/mol. The summed E-state index contributed by atoms with van der Waals surface area (Å²) in [4.78, 5) is 35.7. The molecule has 0 radical (unpaired) electrons. The van der Waals surface area contributed by atoms with Gasteiger partial charge in [-0.2, -0.15) is 0 Å². The molecule has 0 spiro atoms. The van der Waals surface area contributed by atoms with E-state index in [9.17, 15) is 14.4 Å². The van der Waals surface area contributed by atoms with E-state index in [-0.39, 0.29) is 12.5 Å². The Balaban J connectivity index is 2.33. The van der Waals surface area contributed by atoms with Gasteiger partial charge in [0.05, 0.1) is 19.2 Å². The van der Waals surface area contributed by atoms with Crippen LogP contribution in [0.2, 0.25) is 0 Å². The lowest BCUT2D eigenvalue weighted by molar-refractivity contribution is -0.137. The van der Waals surface area contributed by atoms with E-state index in [1.165, 1.54) is 0 Å². The Morgan fingerprint density at radius 1 is 1.12 bits per heavy atom. The van der Waals surface area contributed by atoms with Gasteiger partial charge in [0.2, 0.25) is 11.8 Å². The Morgan fingerprint density at radius 2 is 1.80 bits per heavy atom. The molecule has 1 aromatic carbocycles. The molecule has 0 aliphatic heterocycles. The van der Waals surface area contributed by atoms with Gasteiger partial charge in [-0.3, -0.25) is 19.3 Å². The average molecular weight is 351 g/mol. The highest BCUT2D eigenvalue weighted by molar-refractivity contribution is 5.88. The maximum absolute atomic E-state index is 12.2. The number of ether oxygens (including phenoxy) is 1. The molecule has 1 aromatic rings. The SMILES string of the molecule is CN(C)C(CCOCc1ccccc1)C(=O)NCC(=O)NCC(=O)O. The van der Waals surface area contributed by atoms with Crippen molar-refractivity contribution in [3.8, 4) is 0 Å². The number of hydrogen-bond acceptors (Lipinski definition) is 5. The summed E-state index contributed by atoms with van der Waals surface area (Å²) in [5, 5.41) is 13.2. The number of benzene rings is 1. The molecular formula is C17H25N3O5. The highest BCUT2D eigenvalue weighted by Gasteiger charge is 2.21. The third-order valence-electron chi connectivity index (χ3n) is 3.43. The highest BCUT2D eigenvalue weighted by atomic mass is 16.5. The van der Waals surface area contributed by atoms with Crippen LogP contribution >= 0.6 is 0 Å². The molecule has 0 saturated heterocycles. The van der Waals surface area contributed by atoms with Crippen molar-refractivity contribution < 1.29 is 24.2 Å². The van der Waals surface area contributed by atoms with Gasteiger partial charge < -0.3 is 20.5 Å². The summed E-state index contributed by atoms with van der Waals surface area (Å²) < 4.78 is 5.59. The predicted octanol–water partition coefficient (Wildman–Crippen LogP) is -0.159. The molecule has 0 saturated carbocycles. The number of carboxylic acids is 1. The number of nitrogens with zero attached hydrogens (tertiary/aromatic N) is 1. The zero-order valence-electron chi connectivity index (χ0n) is 14.5. The first-order chi connectivity index (χ1) is 11.9. The van der Waals surface area contributed by atoms with Gasteiger partial charge in [0, 0.05) is 6.61 Å². The van der Waals surface area contributed by atoms with Gasteiger partial charge in [-0.25, -0.2) is 0 Å². The van der Waals surface area contributed by atoms with Crippen LogP contribution in [0.5, 0.6) is 0 Å². The first kappa shape index (κ1) is 20.6. The van der Waals surface area contributed by atoms with Crippen molar-refractivity contribution in [3.63, 3.8) is 0 Å². The first-order valence-electron chi connectivity index (χ1n) is 7.94. The van der Waals surface area contributed by atoms with Gasteiger partial charge in [-0.15, -0.1) is 0 Å². The zero-order valence-corrected chi connectivity index (χ0v) is 14.5. The van der Waals surface area contributed by atoms with E-state index in [4.69, 9.17) is 9.84 Å². The van der Waals surface area contributed by atoms with Crippen LogP contribution in [-0.2, 0) is 25.7 Å². The molecule has 1 atom stereocenters. The van der Waals surface area contributed by atoms with Gasteiger partial charge in [-0.05, 0) is 26.1 Å². The number of likely N-dealkylation sites (N-methyl/N-ethyl adjacent to an activating group) is 1. The molecule has 1 unspecified atom stereocenters. The number of aliphatic carboxylic acids is 1. The quantitative estimate of drug-likeness (QED) is 0.478. The molecule has 0 bridgehead atoms. The van der Waals surface area contributed by atoms with E-state index in [0.717, 1.165) is 5.56 Å². The Kier molecular flexibility index (Phi) is 9.20. The second-order valence-corrected chi connectivity index (χ2v) is 5.69. The van der Waals surface area contributed by atoms with Crippen molar-refractivity contribution in [2.45, 2.75) is 19.1 Å². The van der Waals surface area contributed by atoms with Crippen LogP contribution in [-0.4, -0.2) is 67.6 Å². The van der Waals surface area contributed by atoms with Crippen LogP contribution in [0.25, 0.3) is 0 Å². The predicted molar refractivity (Wildman–Crippen MR) is 91.8 cm³/mol. The molecule has 1 rings (SSSR count). The van der Waals surface area contributed by atoms with Crippen LogP contribution in [0.4, 0.5) is 0 Å². The van der Waals surface area contributed by atoms with E-state index >= 15 is 0 Å². The highest BCUT2D eigenvalue weighted by Crippen LogP contribution is 2.04. The van der Waals surface area contributed by atoms with Gasteiger partial charge in [0.25, 0.3) is 0 Å². The topological polar surface area (TPSA) is 108 Å². The number of nitrogens with one attached hydrogen (secondary N) is 2. The summed E-state index contributed by atoms with van der Waals surface area (Å²) in [5.41, 5.74) is 1.06. The molecule has 2 amide bonds. The number of hydrogen-bond donors (Lipinski definition) is 3. The van der Waals surface area contributed by atoms with Crippen LogP contribution < -0.4 is 10.6 Å². The van der Waals surface area contributed by atoms with Gasteiger partial charge in [0.15, 0.2) is 0 Å². The smallest absolute Gasteiger partial charge is 0.322 e. The molecule has 0 aromatic heterocycles. The molecule has 138 valence electrons. The minimum atomic E-state index is -1.14. The summed E-state index contributed by atoms with van der Waals surface area (Å²) in [6, 6.07) is 9.29. The van der Waals surface area contributed by atoms with E-state index in [2.05, 4.69) is 10.6 Å². The van der Waals surface area contributed by atoms with Crippen LogP contribution in [0.15, 0.2) is 30.3 Å². The fourth-order valence-corrected chi connectivity index (χ4v) is 2.10. The standard InChI is InChI=1S/C17H25N3O5/c1-20(2)14(8-9-25-12-13-6-4-3-5-7-13)17(24)19-10-15(21)18-11-16(22)23/h3-7,14H,8-12H2,1-2H3,(H,18,21)(H,19,24)(H,22,23). The second kappa shape index (κ2) is 11.2. The minimum Gasteiger partial charge on any atom is -0.480 e. The maximum Gasteiger partial charge on any atom is 0.322 e. The minimum absolute atomic E-state index is 0.263. The Morgan fingerprint density at radius 3 is 2.40 bits per heavy atom. The van der Waals surface area contributed by atoms with Gasteiger partial charge >= 0.3 is 5.97 Å². The van der Waals surface area contributed by atoms with Crippen molar-refractivity contribution in [3.05, 3.63) is 35.9 Å². The van der Waals surface area contributed by atoms with Crippen molar-refractivity contribution in [2.75, 3.05) is 33.8 Å². The molecule has 8 heteroatoms. The molecule has 0 aliphatic rings. The summed E-state index contributed by atoms with van der Waals surface area (Å²) >= 11 is 0. The Hall–Kier alpha value is -2.45. The number of rotatable bonds is 11. The number of amides is 2. The molecule has 0 heterocycles. The molecule has 25 heavy (non-hydrogen) atoms. The van der Waals surface area contributed by atoms with E-state index < -0.39 is 24.5 Å². The molecule has 0 aliphatic carbocycles. The van der Waals surface area contributed by atoms with Gasteiger partial charge in [-0.1, -0.05) is 30.3 Å². The second-order valence-electron chi connectivity index (χ2n) is 5.69. The third-order valence-corrected chi connectivity index (χ3v) is 3.43. The first-order valence-corrected chi connectivity index (χ1v) is 7.94. The fourth-order valence-electron chi connectivity index (χ4n) is 2.10. The molecule has 0 fully saturated rings. The summed E-state index contributed by atoms with van der Waals surface area (Å²) in [7, 11) is 3.54. The lowest BCUT2D eigenvalue weighted by atomic mass is 10.2. The third kappa shape index (κ3) is 8.83. The lowest BCUT2D eigenvalue weighted by Crippen LogP contribution is -2.47. The number of carbonyl (C=O) groups excluding carboxylic acids is 2. The summed E-state index contributed by atoms with van der Waals surface area (Å²) in [6.07, 6.45) is 0.475. The van der Waals surface area contributed by atoms with Crippen LogP contribution in [0.1, 0.15) is 12.0 Å².